The van der Waals surface area contributed by atoms with Crippen LogP contribution in [0.15, 0.2) is 53.4 Å². The van der Waals surface area contributed by atoms with Crippen LogP contribution in [-0.4, -0.2) is 14.3 Å². The molecule has 3 N–H and O–H groups in total. The van der Waals surface area contributed by atoms with Crippen LogP contribution in [-0.2, 0) is 16.2 Å². The molecule has 122 valence electrons. The number of carbonyl (C=O) groups is 1. The van der Waals surface area contributed by atoms with E-state index in [4.69, 9.17) is 5.14 Å². The van der Waals surface area contributed by atoms with Crippen molar-refractivity contribution in [1.29, 1.82) is 0 Å². The normalized spacial score (nSPS) is 12.0. The lowest BCUT2D eigenvalue weighted by atomic mass is 10.1. The van der Waals surface area contributed by atoms with E-state index in [9.17, 15) is 26.4 Å². The third kappa shape index (κ3) is 4.30. The fraction of sp³-hybridized carbons (Fsp3) is 0.0714. The van der Waals surface area contributed by atoms with Gasteiger partial charge in [-0.05, 0) is 42.5 Å². The van der Waals surface area contributed by atoms with Gasteiger partial charge in [0.1, 0.15) is 0 Å². The quantitative estimate of drug-likeness (QED) is 0.897. The fourth-order valence-electron chi connectivity index (χ4n) is 1.76. The SMILES string of the molecule is NS(=O)(=O)c1cccc(NC(=O)c2ccc(C(F)(F)F)cc2)c1. The fourth-order valence-corrected chi connectivity index (χ4v) is 2.32. The van der Waals surface area contributed by atoms with Gasteiger partial charge in [-0.1, -0.05) is 6.07 Å². The average molecular weight is 344 g/mol. The van der Waals surface area contributed by atoms with Gasteiger partial charge >= 0.3 is 6.18 Å². The first kappa shape index (κ1) is 17.0. The molecule has 2 aromatic rings. The number of anilines is 1. The molecular weight excluding hydrogens is 333 g/mol. The van der Waals surface area contributed by atoms with E-state index in [1.807, 2.05) is 0 Å². The van der Waals surface area contributed by atoms with Gasteiger partial charge in [0.15, 0.2) is 0 Å². The van der Waals surface area contributed by atoms with Crippen molar-refractivity contribution in [3.05, 3.63) is 59.7 Å². The largest absolute Gasteiger partial charge is 0.416 e. The highest BCUT2D eigenvalue weighted by Crippen LogP contribution is 2.29. The summed E-state index contributed by atoms with van der Waals surface area (Å²) in [6, 6.07) is 8.84. The molecule has 2 aromatic carbocycles. The van der Waals surface area contributed by atoms with Gasteiger partial charge in [0.05, 0.1) is 10.5 Å². The van der Waals surface area contributed by atoms with Crippen LogP contribution in [0.2, 0.25) is 0 Å². The van der Waals surface area contributed by atoms with Crippen LogP contribution in [0.3, 0.4) is 0 Å². The van der Waals surface area contributed by atoms with E-state index < -0.39 is 27.7 Å². The molecule has 5 nitrogen and oxygen atoms in total. The van der Waals surface area contributed by atoms with E-state index in [2.05, 4.69) is 5.32 Å². The third-order valence-electron chi connectivity index (χ3n) is 2.89. The molecule has 0 bridgehead atoms. The molecule has 0 fully saturated rings. The van der Waals surface area contributed by atoms with Gasteiger partial charge < -0.3 is 5.32 Å². The number of benzene rings is 2. The molecule has 0 aliphatic heterocycles. The Kier molecular flexibility index (Phi) is 4.44. The van der Waals surface area contributed by atoms with E-state index in [-0.39, 0.29) is 16.1 Å². The van der Waals surface area contributed by atoms with Crippen molar-refractivity contribution in [2.45, 2.75) is 11.1 Å². The second-order valence-electron chi connectivity index (χ2n) is 4.60. The van der Waals surface area contributed by atoms with Crippen LogP contribution in [0.5, 0.6) is 0 Å². The number of sulfonamides is 1. The Bertz CT molecular complexity index is 831. The average Bonchev–Trinajstić information content (AvgIpc) is 2.46. The highest BCUT2D eigenvalue weighted by molar-refractivity contribution is 7.89. The molecule has 0 atom stereocenters. The molecule has 1 amide bonds. The van der Waals surface area contributed by atoms with Gasteiger partial charge in [0.25, 0.3) is 5.91 Å². The standard InChI is InChI=1S/C14H11F3N2O3S/c15-14(16,17)10-6-4-9(5-7-10)13(20)19-11-2-1-3-12(8-11)23(18,21)22/h1-8H,(H,19,20)(H2,18,21,22). The summed E-state index contributed by atoms with van der Waals surface area (Å²) in [5.74, 6) is -0.676. The van der Waals surface area contributed by atoms with E-state index in [0.29, 0.717) is 0 Å². The first-order chi connectivity index (χ1) is 10.6. The number of nitrogens with two attached hydrogens (primary N) is 1. The predicted octanol–water partition coefficient (Wildman–Crippen LogP) is 2.61. The van der Waals surface area contributed by atoms with Gasteiger partial charge in [0.2, 0.25) is 10.0 Å². The Morgan fingerprint density at radius 1 is 1.04 bits per heavy atom. The summed E-state index contributed by atoms with van der Waals surface area (Å²) in [5.41, 5.74) is -0.717. The Balaban J connectivity index is 2.20. The number of alkyl halides is 3. The number of primary sulfonamides is 1. The molecule has 9 heteroatoms. The maximum atomic E-state index is 12.5. The molecule has 2 rings (SSSR count). The number of hydrogen-bond acceptors (Lipinski definition) is 3. The maximum Gasteiger partial charge on any atom is 0.416 e. The minimum Gasteiger partial charge on any atom is -0.322 e. The summed E-state index contributed by atoms with van der Waals surface area (Å²) in [6.45, 7) is 0. The van der Waals surface area contributed by atoms with Crippen LogP contribution in [0, 0.1) is 0 Å². The summed E-state index contributed by atoms with van der Waals surface area (Å²) in [7, 11) is -3.92. The molecule has 0 aliphatic rings. The number of rotatable bonds is 3. The van der Waals surface area contributed by atoms with Crippen molar-refractivity contribution < 1.29 is 26.4 Å². The van der Waals surface area contributed by atoms with Gasteiger partial charge in [-0.3, -0.25) is 4.79 Å². The summed E-state index contributed by atoms with van der Waals surface area (Å²) in [4.78, 5) is 11.8. The topological polar surface area (TPSA) is 89.3 Å². The second-order valence-corrected chi connectivity index (χ2v) is 6.16. The van der Waals surface area contributed by atoms with Crippen molar-refractivity contribution in [2.75, 3.05) is 5.32 Å². The van der Waals surface area contributed by atoms with Crippen molar-refractivity contribution in [3.63, 3.8) is 0 Å². The van der Waals surface area contributed by atoms with E-state index >= 15 is 0 Å². The summed E-state index contributed by atoms with van der Waals surface area (Å²) >= 11 is 0. The highest BCUT2D eigenvalue weighted by Gasteiger charge is 2.30. The second kappa shape index (κ2) is 6.01. The molecule has 0 aliphatic carbocycles. The van der Waals surface area contributed by atoms with Gasteiger partial charge in [-0.25, -0.2) is 13.6 Å². The Hall–Kier alpha value is -2.39. The molecule has 0 heterocycles. The number of nitrogens with one attached hydrogen (secondary N) is 1. The molecule has 0 saturated heterocycles. The summed E-state index contributed by atoms with van der Waals surface area (Å²) in [6.07, 6.45) is -4.49. The van der Waals surface area contributed by atoms with Crippen molar-refractivity contribution in [3.8, 4) is 0 Å². The zero-order valence-electron chi connectivity index (χ0n) is 11.5. The minimum atomic E-state index is -4.49. The van der Waals surface area contributed by atoms with Crippen LogP contribution in [0.25, 0.3) is 0 Å². The lowest BCUT2D eigenvalue weighted by molar-refractivity contribution is -0.137. The predicted molar refractivity (Wildman–Crippen MR) is 77.2 cm³/mol. The molecule has 0 unspecified atom stereocenters. The van der Waals surface area contributed by atoms with Gasteiger partial charge in [-0.15, -0.1) is 0 Å². The molecule has 0 radical (unpaired) electrons. The zero-order chi connectivity index (χ0) is 17.3. The molecule has 0 saturated carbocycles. The molecular formula is C14H11F3N2O3S. The summed E-state index contributed by atoms with van der Waals surface area (Å²) in [5, 5.41) is 7.37. The van der Waals surface area contributed by atoms with Gasteiger partial charge in [-0.2, -0.15) is 13.2 Å². The number of hydrogen-bond donors (Lipinski definition) is 2. The summed E-state index contributed by atoms with van der Waals surface area (Å²) < 4.78 is 59.8. The number of halogens is 3. The minimum absolute atomic E-state index is 0.000918. The van der Waals surface area contributed by atoms with Crippen molar-refractivity contribution in [2.24, 2.45) is 5.14 Å². The van der Waals surface area contributed by atoms with Crippen molar-refractivity contribution >= 4 is 21.6 Å². The molecule has 23 heavy (non-hydrogen) atoms. The Morgan fingerprint density at radius 2 is 1.65 bits per heavy atom. The first-order valence-electron chi connectivity index (χ1n) is 6.19. The van der Waals surface area contributed by atoms with Crippen LogP contribution in [0.1, 0.15) is 15.9 Å². The monoisotopic (exact) mass is 344 g/mol. The van der Waals surface area contributed by atoms with Crippen molar-refractivity contribution in [1.82, 2.24) is 0 Å². The number of amides is 1. The van der Waals surface area contributed by atoms with Crippen LogP contribution >= 0.6 is 0 Å². The van der Waals surface area contributed by atoms with Crippen LogP contribution in [0.4, 0.5) is 18.9 Å². The smallest absolute Gasteiger partial charge is 0.322 e. The van der Waals surface area contributed by atoms with E-state index in [1.54, 1.807) is 0 Å². The Morgan fingerprint density at radius 3 is 2.17 bits per heavy atom. The van der Waals surface area contributed by atoms with E-state index in [1.165, 1.54) is 18.2 Å². The highest BCUT2D eigenvalue weighted by atomic mass is 32.2. The molecule has 0 aromatic heterocycles. The molecule has 0 spiro atoms. The first-order valence-corrected chi connectivity index (χ1v) is 7.73. The van der Waals surface area contributed by atoms with Gasteiger partial charge in [0, 0.05) is 11.3 Å². The Labute approximate surface area is 130 Å². The lowest BCUT2D eigenvalue weighted by Gasteiger charge is -2.09. The third-order valence-corrected chi connectivity index (χ3v) is 3.81. The van der Waals surface area contributed by atoms with Crippen LogP contribution < -0.4 is 10.5 Å². The zero-order valence-corrected chi connectivity index (χ0v) is 12.3. The maximum absolute atomic E-state index is 12.5. The number of carbonyl (C=O) groups excluding carboxylic acids is 1. The van der Waals surface area contributed by atoms with E-state index in [0.717, 1.165) is 30.3 Å². The lowest BCUT2D eigenvalue weighted by Crippen LogP contribution is -2.15.